The molecule has 100 valence electrons. The second-order valence-corrected chi connectivity index (χ2v) is 4.12. The lowest BCUT2D eigenvalue weighted by atomic mass is 10.1. The van der Waals surface area contributed by atoms with E-state index in [0.717, 1.165) is 11.4 Å². The molecule has 1 aromatic carbocycles. The molecular weight excluding hydrogens is 238 g/mol. The van der Waals surface area contributed by atoms with Crippen molar-refractivity contribution in [2.24, 2.45) is 5.73 Å². The lowest BCUT2D eigenvalue weighted by molar-refractivity contribution is 0.327. The molecular formula is C15H19N3O. The molecule has 0 radical (unpaired) electrons. The summed E-state index contributed by atoms with van der Waals surface area (Å²) in [6.07, 6.45) is 0. The first-order valence-electron chi connectivity index (χ1n) is 6.44. The van der Waals surface area contributed by atoms with E-state index in [1.807, 2.05) is 43.3 Å². The van der Waals surface area contributed by atoms with E-state index < -0.39 is 0 Å². The van der Waals surface area contributed by atoms with Crippen LogP contribution < -0.4 is 15.8 Å². The number of ether oxygens (including phenoxy) is 1. The Morgan fingerprint density at radius 3 is 2.63 bits per heavy atom. The Kier molecular flexibility index (Phi) is 4.75. The molecule has 19 heavy (non-hydrogen) atoms. The molecule has 3 N–H and O–H groups in total. The van der Waals surface area contributed by atoms with Crippen molar-refractivity contribution in [2.75, 3.05) is 11.9 Å². The van der Waals surface area contributed by atoms with Gasteiger partial charge in [-0.25, -0.2) is 0 Å². The second kappa shape index (κ2) is 6.75. The van der Waals surface area contributed by atoms with Gasteiger partial charge in [-0.05, 0) is 24.1 Å². The zero-order chi connectivity index (χ0) is 13.5. The average molecular weight is 257 g/mol. The van der Waals surface area contributed by atoms with Crippen LogP contribution in [-0.2, 0) is 13.1 Å². The van der Waals surface area contributed by atoms with Crippen LogP contribution in [0.1, 0.15) is 18.1 Å². The highest BCUT2D eigenvalue weighted by Gasteiger charge is 2.01. The molecule has 0 aliphatic heterocycles. The largest absolute Gasteiger partial charge is 0.478 e. The minimum atomic E-state index is 0.546. The number of hydrogen-bond acceptors (Lipinski definition) is 4. The Bertz CT molecular complexity index is 528. The molecule has 4 heteroatoms. The van der Waals surface area contributed by atoms with Gasteiger partial charge in [0.2, 0.25) is 5.88 Å². The van der Waals surface area contributed by atoms with Gasteiger partial charge < -0.3 is 15.8 Å². The van der Waals surface area contributed by atoms with Crippen LogP contribution >= 0.6 is 0 Å². The molecule has 0 unspecified atom stereocenters. The number of nitrogens with two attached hydrogens (primary N) is 1. The fourth-order valence-corrected chi connectivity index (χ4v) is 1.86. The predicted molar refractivity (Wildman–Crippen MR) is 77.1 cm³/mol. The van der Waals surface area contributed by atoms with Gasteiger partial charge in [0.15, 0.2) is 0 Å². The number of pyridine rings is 1. The van der Waals surface area contributed by atoms with Crippen molar-refractivity contribution in [3.8, 4) is 5.88 Å². The SMILES string of the molecule is CCOc1cccc(NCc2ccccc2CN)n1. The van der Waals surface area contributed by atoms with E-state index in [4.69, 9.17) is 10.5 Å². The molecule has 0 fully saturated rings. The van der Waals surface area contributed by atoms with Gasteiger partial charge in [0.1, 0.15) is 5.82 Å². The molecule has 0 bridgehead atoms. The minimum absolute atomic E-state index is 0.546. The third-order valence-corrected chi connectivity index (χ3v) is 2.81. The maximum atomic E-state index is 5.72. The molecule has 0 saturated heterocycles. The lowest BCUT2D eigenvalue weighted by Gasteiger charge is -2.10. The summed E-state index contributed by atoms with van der Waals surface area (Å²) in [4.78, 5) is 4.37. The zero-order valence-electron chi connectivity index (χ0n) is 11.1. The summed E-state index contributed by atoms with van der Waals surface area (Å²) < 4.78 is 5.37. The Labute approximate surface area is 113 Å². The van der Waals surface area contributed by atoms with Gasteiger partial charge in [-0.15, -0.1) is 0 Å². The van der Waals surface area contributed by atoms with Crippen molar-refractivity contribution in [3.05, 3.63) is 53.6 Å². The molecule has 1 heterocycles. The average Bonchev–Trinajstić information content (AvgIpc) is 2.46. The third kappa shape index (κ3) is 3.69. The summed E-state index contributed by atoms with van der Waals surface area (Å²) >= 11 is 0. The van der Waals surface area contributed by atoms with Crippen LogP contribution in [0, 0.1) is 0 Å². The maximum absolute atomic E-state index is 5.72. The van der Waals surface area contributed by atoms with E-state index in [1.165, 1.54) is 5.56 Å². The van der Waals surface area contributed by atoms with Crippen molar-refractivity contribution >= 4 is 5.82 Å². The minimum Gasteiger partial charge on any atom is -0.478 e. The standard InChI is InChI=1S/C15H19N3O/c1-2-19-15-9-5-8-14(18-15)17-11-13-7-4-3-6-12(13)10-16/h3-9H,2,10-11,16H2,1H3,(H,17,18). The van der Waals surface area contributed by atoms with Crippen molar-refractivity contribution in [1.82, 2.24) is 4.98 Å². The third-order valence-electron chi connectivity index (χ3n) is 2.81. The van der Waals surface area contributed by atoms with Crippen LogP contribution in [0.25, 0.3) is 0 Å². The smallest absolute Gasteiger partial charge is 0.215 e. The summed E-state index contributed by atoms with van der Waals surface area (Å²) in [6, 6.07) is 13.8. The quantitative estimate of drug-likeness (QED) is 0.835. The number of anilines is 1. The first-order chi connectivity index (χ1) is 9.33. The summed E-state index contributed by atoms with van der Waals surface area (Å²) in [7, 11) is 0. The van der Waals surface area contributed by atoms with E-state index in [2.05, 4.69) is 16.4 Å². The monoisotopic (exact) mass is 257 g/mol. The van der Waals surface area contributed by atoms with Crippen molar-refractivity contribution in [1.29, 1.82) is 0 Å². The van der Waals surface area contributed by atoms with E-state index in [9.17, 15) is 0 Å². The van der Waals surface area contributed by atoms with E-state index in [0.29, 0.717) is 25.6 Å². The maximum Gasteiger partial charge on any atom is 0.215 e. The summed E-state index contributed by atoms with van der Waals surface area (Å²) in [6.45, 7) is 3.81. The second-order valence-electron chi connectivity index (χ2n) is 4.12. The molecule has 0 amide bonds. The summed E-state index contributed by atoms with van der Waals surface area (Å²) in [5.74, 6) is 1.44. The molecule has 0 aliphatic carbocycles. The van der Waals surface area contributed by atoms with Gasteiger partial charge in [-0.2, -0.15) is 4.98 Å². The highest BCUT2D eigenvalue weighted by atomic mass is 16.5. The van der Waals surface area contributed by atoms with Gasteiger partial charge >= 0.3 is 0 Å². The molecule has 0 atom stereocenters. The highest BCUT2D eigenvalue weighted by molar-refractivity contribution is 5.39. The highest BCUT2D eigenvalue weighted by Crippen LogP contribution is 2.14. The Morgan fingerprint density at radius 1 is 1.11 bits per heavy atom. The van der Waals surface area contributed by atoms with Crippen LogP contribution in [0.3, 0.4) is 0 Å². The molecule has 0 saturated carbocycles. The molecule has 1 aromatic heterocycles. The number of rotatable bonds is 6. The first-order valence-corrected chi connectivity index (χ1v) is 6.44. The van der Waals surface area contributed by atoms with E-state index in [1.54, 1.807) is 0 Å². The number of benzene rings is 1. The Hall–Kier alpha value is -2.07. The van der Waals surface area contributed by atoms with Gasteiger partial charge in [-0.3, -0.25) is 0 Å². The normalized spacial score (nSPS) is 10.2. The fraction of sp³-hybridized carbons (Fsp3) is 0.267. The first kappa shape index (κ1) is 13.4. The van der Waals surface area contributed by atoms with Gasteiger partial charge in [-0.1, -0.05) is 30.3 Å². The number of nitrogens with one attached hydrogen (secondary N) is 1. The van der Waals surface area contributed by atoms with Gasteiger partial charge in [0, 0.05) is 19.2 Å². The predicted octanol–water partition coefficient (Wildman–Crippen LogP) is 2.55. The molecule has 0 aliphatic rings. The van der Waals surface area contributed by atoms with Gasteiger partial charge in [0.05, 0.1) is 6.61 Å². The van der Waals surface area contributed by atoms with Crippen molar-refractivity contribution in [2.45, 2.75) is 20.0 Å². The van der Waals surface area contributed by atoms with Gasteiger partial charge in [0.25, 0.3) is 0 Å². The van der Waals surface area contributed by atoms with Crippen molar-refractivity contribution in [3.63, 3.8) is 0 Å². The number of aromatic nitrogens is 1. The zero-order valence-corrected chi connectivity index (χ0v) is 11.1. The van der Waals surface area contributed by atoms with E-state index >= 15 is 0 Å². The van der Waals surface area contributed by atoms with Crippen LogP contribution in [0.2, 0.25) is 0 Å². The number of hydrogen-bond donors (Lipinski definition) is 2. The van der Waals surface area contributed by atoms with Crippen LogP contribution in [0.4, 0.5) is 5.82 Å². The molecule has 2 aromatic rings. The van der Waals surface area contributed by atoms with Crippen LogP contribution in [-0.4, -0.2) is 11.6 Å². The van der Waals surface area contributed by atoms with Crippen LogP contribution in [0.15, 0.2) is 42.5 Å². The molecule has 0 spiro atoms. The Morgan fingerprint density at radius 2 is 1.89 bits per heavy atom. The fourth-order valence-electron chi connectivity index (χ4n) is 1.86. The van der Waals surface area contributed by atoms with Crippen LogP contribution in [0.5, 0.6) is 5.88 Å². The molecule has 4 nitrogen and oxygen atoms in total. The lowest BCUT2D eigenvalue weighted by Crippen LogP contribution is -2.07. The Balaban J connectivity index is 2.03. The summed E-state index contributed by atoms with van der Waals surface area (Å²) in [5.41, 5.74) is 8.06. The topological polar surface area (TPSA) is 60.2 Å². The summed E-state index contributed by atoms with van der Waals surface area (Å²) in [5, 5.41) is 3.29. The van der Waals surface area contributed by atoms with Crippen molar-refractivity contribution < 1.29 is 4.74 Å². The molecule has 2 rings (SSSR count). The van der Waals surface area contributed by atoms with E-state index in [-0.39, 0.29) is 0 Å². The number of nitrogens with zero attached hydrogens (tertiary/aromatic N) is 1.